The molecule has 2 N–H and O–H groups in total. The number of carbonyl (C=O) groups is 1. The van der Waals surface area contributed by atoms with Crippen LogP contribution in [0.15, 0.2) is 15.7 Å². The largest absolute Gasteiger partial charge is 0.375 e. The molecule has 0 aliphatic carbocycles. The van der Waals surface area contributed by atoms with Crippen LogP contribution in [0, 0.1) is 6.92 Å². The standard InChI is InChI=1S/C11H14N4O4/c1-6-10-7(12-14(2)11(10)18)4-9(17)15(6)13-8(16)5-19-3/h4,12H,5H2,1-3H3,(H,13,16). The molecule has 0 saturated carbocycles. The average Bonchev–Trinajstić information content (AvgIpc) is 2.61. The number of nitrogens with zero attached hydrogens (tertiary/aromatic N) is 2. The summed E-state index contributed by atoms with van der Waals surface area (Å²) in [5.41, 5.74) is 2.50. The quantitative estimate of drug-likeness (QED) is 0.748. The molecule has 0 fully saturated rings. The monoisotopic (exact) mass is 266 g/mol. The van der Waals surface area contributed by atoms with E-state index in [1.54, 1.807) is 14.0 Å². The molecule has 8 heteroatoms. The summed E-state index contributed by atoms with van der Waals surface area (Å²) < 4.78 is 6.99. The minimum atomic E-state index is -0.473. The lowest BCUT2D eigenvalue weighted by atomic mass is 10.2. The molecule has 0 bridgehead atoms. The van der Waals surface area contributed by atoms with Crippen LogP contribution >= 0.6 is 0 Å². The first-order valence-electron chi connectivity index (χ1n) is 5.56. The zero-order chi connectivity index (χ0) is 14.2. The van der Waals surface area contributed by atoms with Crippen molar-refractivity contribution in [1.82, 2.24) is 14.5 Å². The van der Waals surface area contributed by atoms with Gasteiger partial charge in [-0.15, -0.1) is 0 Å². The van der Waals surface area contributed by atoms with Crippen LogP contribution in [0.3, 0.4) is 0 Å². The number of ether oxygens (including phenoxy) is 1. The predicted octanol–water partition coefficient (Wildman–Crippen LogP) is -0.947. The Morgan fingerprint density at radius 2 is 2.16 bits per heavy atom. The average molecular weight is 266 g/mol. The summed E-state index contributed by atoms with van der Waals surface area (Å²) >= 11 is 0. The summed E-state index contributed by atoms with van der Waals surface area (Å²) in [6.45, 7) is 1.42. The van der Waals surface area contributed by atoms with E-state index < -0.39 is 11.5 Å². The number of rotatable bonds is 3. The summed E-state index contributed by atoms with van der Waals surface area (Å²) in [6, 6.07) is 1.26. The van der Waals surface area contributed by atoms with Crippen molar-refractivity contribution in [2.75, 3.05) is 19.1 Å². The fourth-order valence-corrected chi connectivity index (χ4v) is 1.92. The molecular formula is C11H14N4O4. The van der Waals surface area contributed by atoms with Crippen molar-refractivity contribution in [2.45, 2.75) is 6.92 Å². The smallest absolute Gasteiger partial charge is 0.275 e. The number of fused-ring (bicyclic) bond motifs is 1. The number of H-pyrrole nitrogens is 1. The lowest BCUT2D eigenvalue weighted by molar-refractivity contribution is -0.120. The third-order valence-electron chi connectivity index (χ3n) is 2.77. The number of nitrogens with one attached hydrogen (secondary N) is 2. The maximum Gasteiger partial charge on any atom is 0.275 e. The van der Waals surface area contributed by atoms with E-state index in [2.05, 4.69) is 15.3 Å². The van der Waals surface area contributed by atoms with E-state index in [0.717, 1.165) is 4.68 Å². The molecule has 8 nitrogen and oxygen atoms in total. The van der Waals surface area contributed by atoms with Gasteiger partial charge in [0.05, 0.1) is 16.6 Å². The molecule has 0 aliphatic heterocycles. The van der Waals surface area contributed by atoms with Crippen molar-refractivity contribution >= 4 is 16.8 Å². The van der Waals surface area contributed by atoms with Gasteiger partial charge in [0.15, 0.2) is 0 Å². The van der Waals surface area contributed by atoms with Gasteiger partial charge in [0.2, 0.25) is 0 Å². The molecular weight excluding hydrogens is 252 g/mol. The maximum atomic E-state index is 11.9. The molecule has 19 heavy (non-hydrogen) atoms. The summed E-state index contributed by atoms with van der Waals surface area (Å²) in [6.07, 6.45) is 0. The minimum absolute atomic E-state index is 0.172. The molecule has 0 aliphatic rings. The first kappa shape index (κ1) is 13.1. The van der Waals surface area contributed by atoms with Gasteiger partial charge < -0.3 is 4.74 Å². The highest BCUT2D eigenvalue weighted by atomic mass is 16.5. The third-order valence-corrected chi connectivity index (χ3v) is 2.77. The highest BCUT2D eigenvalue weighted by Crippen LogP contribution is 2.08. The van der Waals surface area contributed by atoms with Crippen LogP contribution in [0.1, 0.15) is 5.69 Å². The Morgan fingerprint density at radius 3 is 2.79 bits per heavy atom. The minimum Gasteiger partial charge on any atom is -0.375 e. The van der Waals surface area contributed by atoms with E-state index in [9.17, 15) is 14.4 Å². The number of aromatic amines is 1. The first-order chi connectivity index (χ1) is 8.95. The second kappa shape index (κ2) is 4.73. The lowest BCUT2D eigenvalue weighted by Crippen LogP contribution is -2.36. The van der Waals surface area contributed by atoms with E-state index in [-0.39, 0.29) is 12.2 Å². The number of hydrogen-bond donors (Lipinski definition) is 2. The van der Waals surface area contributed by atoms with Crippen LogP contribution in [0.5, 0.6) is 0 Å². The number of aromatic nitrogens is 3. The van der Waals surface area contributed by atoms with Crippen molar-refractivity contribution in [2.24, 2.45) is 7.05 Å². The van der Waals surface area contributed by atoms with Gasteiger partial charge in [-0.2, -0.15) is 0 Å². The maximum absolute atomic E-state index is 11.9. The summed E-state index contributed by atoms with van der Waals surface area (Å²) in [5, 5.41) is 3.13. The van der Waals surface area contributed by atoms with Crippen LogP contribution in [-0.4, -0.2) is 34.1 Å². The Kier molecular flexibility index (Phi) is 3.26. The fraction of sp³-hybridized carbons (Fsp3) is 0.364. The molecule has 0 spiro atoms. The van der Waals surface area contributed by atoms with Crippen LogP contribution in [0.4, 0.5) is 0 Å². The van der Waals surface area contributed by atoms with Gasteiger partial charge in [-0.3, -0.25) is 29.6 Å². The molecule has 0 radical (unpaired) electrons. The van der Waals surface area contributed by atoms with Crippen molar-refractivity contribution in [1.29, 1.82) is 0 Å². The topological polar surface area (TPSA) is 98.1 Å². The molecule has 1 amide bonds. The third kappa shape index (κ3) is 2.17. The second-order valence-electron chi connectivity index (χ2n) is 4.14. The molecule has 102 valence electrons. The molecule has 0 unspecified atom stereocenters. The van der Waals surface area contributed by atoms with E-state index in [1.165, 1.54) is 17.9 Å². The van der Waals surface area contributed by atoms with Gasteiger partial charge in [-0.25, -0.2) is 4.68 Å². The SMILES string of the molecule is COCC(=O)Nn1c(C)c2c(=O)n(C)[nH]c2cc1=O. The number of hydrogen-bond acceptors (Lipinski definition) is 4. The second-order valence-corrected chi connectivity index (χ2v) is 4.14. The summed E-state index contributed by atoms with van der Waals surface area (Å²) in [4.78, 5) is 35.2. The Hall–Kier alpha value is -2.35. The van der Waals surface area contributed by atoms with Gasteiger partial charge in [0.1, 0.15) is 6.61 Å². The van der Waals surface area contributed by atoms with Crippen LogP contribution in [0.2, 0.25) is 0 Å². The summed E-state index contributed by atoms with van der Waals surface area (Å²) in [5.74, 6) is -0.473. The van der Waals surface area contributed by atoms with E-state index >= 15 is 0 Å². The van der Waals surface area contributed by atoms with Gasteiger partial charge in [0.25, 0.3) is 17.0 Å². The van der Waals surface area contributed by atoms with Gasteiger partial charge >= 0.3 is 0 Å². The van der Waals surface area contributed by atoms with Crippen LogP contribution in [0.25, 0.3) is 10.9 Å². The first-order valence-corrected chi connectivity index (χ1v) is 5.56. The van der Waals surface area contributed by atoms with Crippen LogP contribution in [-0.2, 0) is 16.6 Å². The lowest BCUT2D eigenvalue weighted by Gasteiger charge is -2.10. The Morgan fingerprint density at radius 1 is 1.47 bits per heavy atom. The normalized spacial score (nSPS) is 10.9. The number of methoxy groups -OCH3 is 1. The zero-order valence-electron chi connectivity index (χ0n) is 10.8. The van der Waals surface area contributed by atoms with Crippen LogP contribution < -0.4 is 16.5 Å². The molecule has 2 aromatic heterocycles. The highest BCUT2D eigenvalue weighted by Gasteiger charge is 2.14. The number of amides is 1. The van der Waals surface area contributed by atoms with E-state index in [0.29, 0.717) is 16.6 Å². The number of aryl methyl sites for hydroxylation is 2. The van der Waals surface area contributed by atoms with E-state index in [1.807, 2.05) is 0 Å². The Labute approximate surface area is 107 Å². The number of carbonyl (C=O) groups excluding carboxylic acids is 1. The van der Waals surface area contributed by atoms with Crippen molar-refractivity contribution in [3.05, 3.63) is 32.5 Å². The van der Waals surface area contributed by atoms with Gasteiger partial charge in [-0.05, 0) is 6.92 Å². The zero-order valence-corrected chi connectivity index (χ0v) is 10.8. The van der Waals surface area contributed by atoms with E-state index in [4.69, 9.17) is 0 Å². The van der Waals surface area contributed by atoms with Crippen molar-refractivity contribution < 1.29 is 9.53 Å². The molecule has 0 aromatic carbocycles. The van der Waals surface area contributed by atoms with Crippen molar-refractivity contribution in [3.63, 3.8) is 0 Å². The van der Waals surface area contributed by atoms with Crippen molar-refractivity contribution in [3.8, 4) is 0 Å². The molecule has 2 aromatic rings. The highest BCUT2D eigenvalue weighted by molar-refractivity contribution is 5.86. The Balaban J connectivity index is 2.62. The molecule has 2 heterocycles. The predicted molar refractivity (Wildman–Crippen MR) is 68.8 cm³/mol. The molecule has 2 rings (SSSR count). The summed E-state index contributed by atoms with van der Waals surface area (Å²) in [7, 11) is 2.93. The van der Waals surface area contributed by atoms with Gasteiger partial charge in [0, 0.05) is 20.2 Å². The molecule has 0 atom stereocenters. The fourth-order valence-electron chi connectivity index (χ4n) is 1.92. The Bertz CT molecular complexity index is 752. The molecule has 0 saturated heterocycles. The van der Waals surface area contributed by atoms with Gasteiger partial charge in [-0.1, -0.05) is 0 Å². The number of pyridine rings is 1.